The van der Waals surface area contributed by atoms with Gasteiger partial charge in [0.1, 0.15) is 6.61 Å². The van der Waals surface area contributed by atoms with Crippen LogP contribution in [0.2, 0.25) is 0 Å². The number of rotatable bonds is 7. The minimum Gasteiger partial charge on any atom is -0.464 e. The molecule has 0 atom stereocenters. The highest BCUT2D eigenvalue weighted by molar-refractivity contribution is 5.66. The molecule has 0 aliphatic rings. The van der Waals surface area contributed by atoms with Crippen molar-refractivity contribution in [1.29, 1.82) is 0 Å². The van der Waals surface area contributed by atoms with E-state index in [0.29, 0.717) is 13.2 Å². The van der Waals surface area contributed by atoms with E-state index in [0.717, 1.165) is 28.3 Å². The SMILES string of the molecule is CC(=O)OCCNc1ccc(N=Nc2ccc(-c3ccccn3)cc2)cc1. The van der Waals surface area contributed by atoms with Crippen molar-refractivity contribution in [2.45, 2.75) is 6.92 Å². The highest BCUT2D eigenvalue weighted by Gasteiger charge is 1.99. The highest BCUT2D eigenvalue weighted by Crippen LogP contribution is 2.23. The fourth-order valence-electron chi connectivity index (χ4n) is 2.38. The van der Waals surface area contributed by atoms with Crippen molar-refractivity contribution in [1.82, 2.24) is 4.98 Å². The first-order valence-electron chi connectivity index (χ1n) is 8.61. The molecule has 3 aromatic rings. The van der Waals surface area contributed by atoms with Crippen LogP contribution >= 0.6 is 0 Å². The molecule has 0 amide bonds. The van der Waals surface area contributed by atoms with E-state index in [2.05, 4.69) is 20.5 Å². The molecule has 1 heterocycles. The number of carbonyl (C=O) groups is 1. The molecular formula is C21H20N4O2. The van der Waals surface area contributed by atoms with Crippen molar-refractivity contribution in [3.05, 3.63) is 72.9 Å². The van der Waals surface area contributed by atoms with E-state index in [9.17, 15) is 4.79 Å². The number of carbonyl (C=O) groups excluding carboxylic acids is 1. The van der Waals surface area contributed by atoms with E-state index in [1.807, 2.05) is 66.7 Å². The molecule has 136 valence electrons. The standard InChI is InChI=1S/C21H20N4O2/c1-16(26)27-15-14-22-18-9-11-20(12-10-18)25-24-19-7-5-17(6-8-19)21-4-2-3-13-23-21/h2-13,22H,14-15H2,1H3. The minimum atomic E-state index is -0.277. The summed E-state index contributed by atoms with van der Waals surface area (Å²) in [6.07, 6.45) is 1.78. The van der Waals surface area contributed by atoms with E-state index in [1.54, 1.807) is 6.20 Å². The number of benzene rings is 2. The molecule has 0 fully saturated rings. The molecule has 2 aromatic carbocycles. The average molecular weight is 360 g/mol. The van der Waals surface area contributed by atoms with Crippen LogP contribution in [0.25, 0.3) is 11.3 Å². The Hall–Kier alpha value is -3.54. The third kappa shape index (κ3) is 5.74. The molecule has 0 radical (unpaired) electrons. The molecule has 0 saturated heterocycles. The lowest BCUT2D eigenvalue weighted by molar-refractivity contribution is -0.140. The van der Waals surface area contributed by atoms with Gasteiger partial charge in [0, 0.05) is 30.9 Å². The van der Waals surface area contributed by atoms with Gasteiger partial charge in [0.05, 0.1) is 17.1 Å². The molecule has 0 aliphatic carbocycles. The lowest BCUT2D eigenvalue weighted by Crippen LogP contribution is -2.11. The van der Waals surface area contributed by atoms with E-state index >= 15 is 0 Å². The van der Waals surface area contributed by atoms with Gasteiger partial charge in [0.25, 0.3) is 0 Å². The molecule has 0 saturated carbocycles. The fourth-order valence-corrected chi connectivity index (χ4v) is 2.38. The van der Waals surface area contributed by atoms with Gasteiger partial charge >= 0.3 is 5.97 Å². The van der Waals surface area contributed by atoms with Crippen molar-refractivity contribution in [3.8, 4) is 11.3 Å². The average Bonchev–Trinajstić information content (AvgIpc) is 2.71. The number of azo groups is 1. The molecule has 0 spiro atoms. The van der Waals surface area contributed by atoms with Crippen LogP contribution in [0.1, 0.15) is 6.92 Å². The second-order valence-corrected chi connectivity index (χ2v) is 5.78. The summed E-state index contributed by atoms with van der Waals surface area (Å²) < 4.78 is 4.87. The largest absolute Gasteiger partial charge is 0.464 e. The van der Waals surface area contributed by atoms with Gasteiger partial charge in [-0.15, -0.1) is 0 Å². The number of esters is 1. The number of hydrogen-bond acceptors (Lipinski definition) is 6. The monoisotopic (exact) mass is 360 g/mol. The molecule has 0 aliphatic heterocycles. The van der Waals surface area contributed by atoms with Crippen LogP contribution in [-0.2, 0) is 9.53 Å². The number of pyridine rings is 1. The van der Waals surface area contributed by atoms with Gasteiger partial charge in [-0.25, -0.2) is 0 Å². The topological polar surface area (TPSA) is 75.9 Å². The summed E-state index contributed by atoms with van der Waals surface area (Å²) in [5.74, 6) is -0.277. The van der Waals surface area contributed by atoms with Crippen LogP contribution < -0.4 is 5.32 Å². The van der Waals surface area contributed by atoms with Crippen molar-refractivity contribution in [3.63, 3.8) is 0 Å². The van der Waals surface area contributed by atoms with Crippen molar-refractivity contribution < 1.29 is 9.53 Å². The number of nitrogens with one attached hydrogen (secondary N) is 1. The molecular weight excluding hydrogens is 340 g/mol. The van der Waals surface area contributed by atoms with Crippen molar-refractivity contribution in [2.75, 3.05) is 18.5 Å². The second kappa shape index (κ2) is 9.24. The Morgan fingerprint density at radius 2 is 1.63 bits per heavy atom. The molecule has 27 heavy (non-hydrogen) atoms. The molecule has 0 unspecified atom stereocenters. The van der Waals surface area contributed by atoms with Gasteiger partial charge in [-0.05, 0) is 48.5 Å². The maximum atomic E-state index is 10.7. The van der Waals surface area contributed by atoms with Crippen LogP contribution in [0.4, 0.5) is 17.1 Å². The highest BCUT2D eigenvalue weighted by atomic mass is 16.5. The van der Waals surface area contributed by atoms with E-state index in [1.165, 1.54) is 6.92 Å². The number of hydrogen-bond donors (Lipinski definition) is 1. The third-order valence-electron chi connectivity index (χ3n) is 3.71. The Morgan fingerprint density at radius 3 is 2.22 bits per heavy atom. The molecule has 6 heteroatoms. The van der Waals surface area contributed by atoms with E-state index < -0.39 is 0 Å². The van der Waals surface area contributed by atoms with Gasteiger partial charge in [-0.2, -0.15) is 10.2 Å². The minimum absolute atomic E-state index is 0.277. The Balaban J connectivity index is 1.55. The zero-order valence-electron chi connectivity index (χ0n) is 15.0. The quantitative estimate of drug-likeness (QED) is 0.360. The van der Waals surface area contributed by atoms with Crippen LogP contribution in [0.5, 0.6) is 0 Å². The molecule has 3 rings (SSSR count). The van der Waals surface area contributed by atoms with Gasteiger partial charge in [0.2, 0.25) is 0 Å². The van der Waals surface area contributed by atoms with Gasteiger partial charge in [0.15, 0.2) is 0 Å². The van der Waals surface area contributed by atoms with Gasteiger partial charge < -0.3 is 10.1 Å². The lowest BCUT2D eigenvalue weighted by atomic mass is 10.1. The first kappa shape index (κ1) is 18.3. The van der Waals surface area contributed by atoms with Crippen molar-refractivity contribution in [2.24, 2.45) is 10.2 Å². The van der Waals surface area contributed by atoms with Crippen molar-refractivity contribution >= 4 is 23.0 Å². The predicted molar refractivity (Wildman–Crippen MR) is 105 cm³/mol. The molecule has 6 nitrogen and oxygen atoms in total. The second-order valence-electron chi connectivity index (χ2n) is 5.78. The summed E-state index contributed by atoms with van der Waals surface area (Å²) in [4.78, 5) is 15.0. The first-order valence-corrected chi connectivity index (χ1v) is 8.61. The maximum absolute atomic E-state index is 10.7. The number of anilines is 1. The first-order chi connectivity index (χ1) is 13.2. The van der Waals surface area contributed by atoms with Crippen LogP contribution in [0.3, 0.4) is 0 Å². The maximum Gasteiger partial charge on any atom is 0.302 e. The zero-order valence-corrected chi connectivity index (χ0v) is 15.0. The van der Waals surface area contributed by atoms with Crippen LogP contribution in [-0.4, -0.2) is 24.1 Å². The molecule has 0 bridgehead atoms. The summed E-state index contributed by atoms with van der Waals surface area (Å²) in [5.41, 5.74) is 4.44. The smallest absolute Gasteiger partial charge is 0.302 e. The predicted octanol–water partition coefficient (Wildman–Crippen LogP) is 5.14. The van der Waals surface area contributed by atoms with Gasteiger partial charge in [-0.1, -0.05) is 18.2 Å². The normalized spacial score (nSPS) is 10.7. The third-order valence-corrected chi connectivity index (χ3v) is 3.71. The Bertz CT molecular complexity index is 892. The summed E-state index contributed by atoms with van der Waals surface area (Å²) >= 11 is 0. The summed E-state index contributed by atoms with van der Waals surface area (Å²) in [6, 6.07) is 21.2. The van der Waals surface area contributed by atoms with Crippen LogP contribution in [0.15, 0.2) is 83.2 Å². The van der Waals surface area contributed by atoms with E-state index in [4.69, 9.17) is 4.74 Å². The fraction of sp³-hybridized carbons (Fsp3) is 0.143. The number of aromatic nitrogens is 1. The van der Waals surface area contributed by atoms with Gasteiger partial charge in [-0.3, -0.25) is 9.78 Å². The number of nitrogens with zero attached hydrogens (tertiary/aromatic N) is 3. The molecule has 1 aromatic heterocycles. The summed E-state index contributed by atoms with van der Waals surface area (Å²) in [7, 11) is 0. The molecule has 1 N–H and O–H groups in total. The zero-order chi connectivity index (χ0) is 18.9. The lowest BCUT2D eigenvalue weighted by Gasteiger charge is -2.06. The van der Waals surface area contributed by atoms with Crippen LogP contribution in [0, 0.1) is 0 Å². The van der Waals surface area contributed by atoms with E-state index in [-0.39, 0.29) is 5.97 Å². The summed E-state index contributed by atoms with van der Waals surface area (Å²) in [5, 5.41) is 11.7. The Kier molecular flexibility index (Phi) is 6.25. The Labute approximate surface area is 157 Å². The Morgan fingerprint density at radius 1 is 0.963 bits per heavy atom. The summed E-state index contributed by atoms with van der Waals surface area (Å²) in [6.45, 7) is 2.29. The number of ether oxygens (including phenoxy) is 1.